The normalized spacial score (nSPS) is 11.1. The van der Waals surface area contributed by atoms with Gasteiger partial charge in [-0.3, -0.25) is 0 Å². The number of aryl methyl sites for hydroxylation is 1. The molecule has 0 radical (unpaired) electrons. The van der Waals surface area contributed by atoms with Gasteiger partial charge in [-0.2, -0.15) is 4.98 Å². The van der Waals surface area contributed by atoms with Gasteiger partial charge in [-0.25, -0.2) is 4.98 Å². The van der Waals surface area contributed by atoms with Crippen molar-refractivity contribution in [2.75, 3.05) is 78.2 Å². The van der Waals surface area contributed by atoms with Gasteiger partial charge < -0.3 is 24.8 Å². The van der Waals surface area contributed by atoms with Crippen LogP contribution in [0.25, 0.3) is 10.9 Å². The van der Waals surface area contributed by atoms with Crippen molar-refractivity contribution in [1.29, 1.82) is 0 Å². The Kier molecular flexibility index (Phi) is 10.7. The molecule has 0 spiro atoms. The van der Waals surface area contributed by atoms with Crippen molar-refractivity contribution in [3.8, 4) is 17.6 Å². The van der Waals surface area contributed by atoms with Gasteiger partial charge in [0.2, 0.25) is 5.95 Å². The van der Waals surface area contributed by atoms with Crippen LogP contribution in [0.1, 0.15) is 44.2 Å². The molecule has 0 saturated heterocycles. The van der Waals surface area contributed by atoms with Gasteiger partial charge in [-0.05, 0) is 46.6 Å². The smallest absolute Gasteiger partial charge is 0.227 e. The lowest BCUT2D eigenvalue weighted by Crippen LogP contribution is -2.25. The minimum absolute atomic E-state index is 0.674. The van der Waals surface area contributed by atoms with Crippen molar-refractivity contribution in [2.45, 2.75) is 40.0 Å². The fraction of sp³-hybridized carbons (Fsp3) is 0.615. The maximum atomic E-state index is 5.80. The summed E-state index contributed by atoms with van der Waals surface area (Å²) in [6.45, 7) is 11.4. The average molecular weight is 455 g/mol. The Hall–Kier alpha value is -2.56. The zero-order valence-electron chi connectivity index (χ0n) is 21.9. The third-order valence-corrected chi connectivity index (χ3v) is 5.67. The van der Waals surface area contributed by atoms with E-state index in [4.69, 9.17) is 14.7 Å². The molecular weight excluding hydrogens is 412 g/mol. The van der Waals surface area contributed by atoms with E-state index >= 15 is 0 Å². The molecule has 182 valence electrons. The molecule has 0 unspecified atom stereocenters. The fourth-order valence-corrected chi connectivity index (χ4v) is 3.72. The van der Waals surface area contributed by atoms with Crippen LogP contribution in [0, 0.1) is 18.8 Å². The predicted molar refractivity (Wildman–Crippen MR) is 141 cm³/mol. The van der Waals surface area contributed by atoms with Crippen LogP contribution < -0.4 is 15.0 Å². The summed E-state index contributed by atoms with van der Waals surface area (Å²) in [5.41, 5.74) is 2.76. The summed E-state index contributed by atoms with van der Waals surface area (Å²) in [4.78, 5) is 16.1. The number of methoxy groups -OCH3 is 1. The number of fused-ring (bicyclic) bond motifs is 1. The van der Waals surface area contributed by atoms with Crippen LogP contribution in [-0.4, -0.2) is 87.8 Å². The van der Waals surface area contributed by atoms with Crippen molar-refractivity contribution in [1.82, 2.24) is 19.8 Å². The van der Waals surface area contributed by atoms with Gasteiger partial charge in [0.15, 0.2) is 0 Å². The summed E-state index contributed by atoms with van der Waals surface area (Å²) in [5.74, 6) is 9.02. The number of rotatable bonds is 12. The lowest BCUT2D eigenvalue weighted by atomic mass is 10.0. The van der Waals surface area contributed by atoms with Crippen molar-refractivity contribution >= 4 is 22.7 Å². The summed E-state index contributed by atoms with van der Waals surface area (Å²) in [5, 5.41) is 4.48. The average Bonchev–Trinajstić information content (AvgIpc) is 2.78. The molecule has 0 amide bonds. The first kappa shape index (κ1) is 26.7. The standard InChI is InChI=1S/C26H42N6O/c1-9-11-16-32(10-2)17-13-12-14-21-19-22-23(20(3)24(21)33-8)25(27-15-18-30(4)5)29-26(28-22)31(6)7/h19H,9-11,13,15-18H2,1-8H3,(H,27,28,29). The van der Waals surface area contributed by atoms with E-state index in [1.54, 1.807) is 7.11 Å². The van der Waals surface area contributed by atoms with Gasteiger partial charge in [0.1, 0.15) is 11.6 Å². The molecule has 33 heavy (non-hydrogen) atoms. The Bertz CT molecular complexity index is 961. The molecule has 1 aromatic carbocycles. The van der Waals surface area contributed by atoms with Crippen LogP contribution in [0.3, 0.4) is 0 Å². The van der Waals surface area contributed by atoms with Crippen molar-refractivity contribution in [3.05, 3.63) is 17.2 Å². The highest BCUT2D eigenvalue weighted by Gasteiger charge is 2.17. The second-order valence-corrected chi connectivity index (χ2v) is 8.81. The number of hydrogen-bond acceptors (Lipinski definition) is 7. The first-order valence-corrected chi connectivity index (χ1v) is 12.0. The largest absolute Gasteiger partial charge is 0.495 e. The number of ether oxygens (including phenoxy) is 1. The Labute approximate surface area is 200 Å². The number of anilines is 2. The maximum absolute atomic E-state index is 5.80. The van der Waals surface area contributed by atoms with E-state index in [1.165, 1.54) is 12.8 Å². The van der Waals surface area contributed by atoms with E-state index in [0.29, 0.717) is 5.95 Å². The Morgan fingerprint density at radius 1 is 1.06 bits per heavy atom. The number of nitrogens with zero attached hydrogens (tertiary/aromatic N) is 5. The van der Waals surface area contributed by atoms with E-state index in [0.717, 1.165) is 72.7 Å². The molecule has 1 N–H and O–H groups in total. The molecule has 7 heteroatoms. The molecule has 2 rings (SSSR count). The van der Waals surface area contributed by atoms with Crippen LogP contribution in [-0.2, 0) is 0 Å². The Morgan fingerprint density at radius 3 is 2.42 bits per heavy atom. The monoisotopic (exact) mass is 454 g/mol. The molecule has 2 aromatic rings. The fourth-order valence-electron chi connectivity index (χ4n) is 3.72. The van der Waals surface area contributed by atoms with E-state index in [1.807, 2.05) is 25.1 Å². The summed E-state index contributed by atoms with van der Waals surface area (Å²) < 4.78 is 5.80. The van der Waals surface area contributed by atoms with Crippen molar-refractivity contribution in [2.24, 2.45) is 0 Å². The number of likely N-dealkylation sites (N-methyl/N-ethyl adjacent to an activating group) is 1. The molecule has 0 fully saturated rings. The van der Waals surface area contributed by atoms with E-state index < -0.39 is 0 Å². The predicted octanol–water partition coefficient (Wildman–Crippen LogP) is 3.85. The molecule has 0 aliphatic rings. The number of nitrogens with one attached hydrogen (secondary N) is 1. The van der Waals surface area contributed by atoms with Gasteiger partial charge in [0.25, 0.3) is 0 Å². The second-order valence-electron chi connectivity index (χ2n) is 8.81. The minimum Gasteiger partial charge on any atom is -0.495 e. The van der Waals surface area contributed by atoms with Crippen LogP contribution in [0.15, 0.2) is 6.07 Å². The van der Waals surface area contributed by atoms with Crippen LogP contribution in [0.2, 0.25) is 0 Å². The quantitative estimate of drug-likeness (QED) is 0.489. The lowest BCUT2D eigenvalue weighted by Gasteiger charge is -2.19. The summed E-state index contributed by atoms with van der Waals surface area (Å²) in [7, 11) is 9.75. The molecule has 0 aliphatic carbocycles. The second kappa shape index (κ2) is 13.2. The number of aromatic nitrogens is 2. The van der Waals surface area contributed by atoms with Gasteiger partial charge >= 0.3 is 0 Å². The van der Waals surface area contributed by atoms with Crippen LogP contribution in [0.4, 0.5) is 11.8 Å². The van der Waals surface area contributed by atoms with Gasteiger partial charge in [0, 0.05) is 51.1 Å². The SMILES string of the molecule is CCCCN(CC)CCC#Cc1cc2nc(N(C)C)nc(NCCN(C)C)c2c(C)c1OC. The molecule has 0 atom stereocenters. The van der Waals surface area contributed by atoms with E-state index in [-0.39, 0.29) is 0 Å². The van der Waals surface area contributed by atoms with Crippen molar-refractivity contribution in [3.63, 3.8) is 0 Å². The third kappa shape index (κ3) is 7.48. The Balaban J connectivity index is 2.41. The first-order chi connectivity index (χ1) is 15.8. The third-order valence-electron chi connectivity index (χ3n) is 5.67. The number of hydrogen-bond donors (Lipinski definition) is 1. The zero-order valence-corrected chi connectivity index (χ0v) is 21.9. The molecular formula is C26H42N6O. The minimum atomic E-state index is 0.674. The summed E-state index contributed by atoms with van der Waals surface area (Å²) >= 11 is 0. The van der Waals surface area contributed by atoms with Gasteiger partial charge in [0.05, 0.1) is 18.2 Å². The van der Waals surface area contributed by atoms with Crippen LogP contribution >= 0.6 is 0 Å². The topological polar surface area (TPSA) is 56.8 Å². The highest BCUT2D eigenvalue weighted by Crippen LogP contribution is 2.34. The highest BCUT2D eigenvalue weighted by molar-refractivity contribution is 5.96. The van der Waals surface area contributed by atoms with Gasteiger partial charge in [-0.15, -0.1) is 0 Å². The molecule has 7 nitrogen and oxygen atoms in total. The van der Waals surface area contributed by atoms with Crippen LogP contribution in [0.5, 0.6) is 5.75 Å². The van der Waals surface area contributed by atoms with E-state index in [9.17, 15) is 0 Å². The maximum Gasteiger partial charge on any atom is 0.227 e. The molecule has 0 bridgehead atoms. The first-order valence-electron chi connectivity index (χ1n) is 12.0. The molecule has 0 saturated carbocycles. The molecule has 1 heterocycles. The zero-order chi connectivity index (χ0) is 24.4. The summed E-state index contributed by atoms with van der Waals surface area (Å²) in [6, 6.07) is 2.04. The lowest BCUT2D eigenvalue weighted by molar-refractivity contribution is 0.290. The summed E-state index contributed by atoms with van der Waals surface area (Å²) in [6.07, 6.45) is 3.29. The molecule has 0 aliphatic heterocycles. The highest BCUT2D eigenvalue weighted by atomic mass is 16.5. The van der Waals surface area contributed by atoms with Gasteiger partial charge in [-0.1, -0.05) is 32.1 Å². The molecule has 1 aromatic heterocycles. The number of unbranched alkanes of at least 4 members (excludes halogenated alkanes) is 1. The number of benzene rings is 1. The van der Waals surface area contributed by atoms with E-state index in [2.05, 4.69) is 61.8 Å². The Morgan fingerprint density at radius 2 is 1.82 bits per heavy atom. The van der Waals surface area contributed by atoms with Crippen molar-refractivity contribution < 1.29 is 4.74 Å².